The van der Waals surface area contributed by atoms with Gasteiger partial charge in [-0.25, -0.2) is 0 Å². The van der Waals surface area contributed by atoms with Gasteiger partial charge in [-0.2, -0.15) is 0 Å². The average Bonchev–Trinajstić information content (AvgIpc) is 3.18. The molecule has 98 valence electrons. The first-order chi connectivity index (χ1) is 8.69. The van der Waals surface area contributed by atoms with E-state index in [1.165, 1.54) is 4.31 Å². The van der Waals surface area contributed by atoms with E-state index < -0.39 is 11.3 Å². The average molecular weight is 266 g/mol. The smallest absolute Gasteiger partial charge is 0.118 e. The third-order valence-electron chi connectivity index (χ3n) is 2.88. The van der Waals surface area contributed by atoms with Crippen LogP contribution in [0.5, 0.6) is 5.75 Å². The van der Waals surface area contributed by atoms with Crippen molar-refractivity contribution in [3.63, 3.8) is 0 Å². The highest BCUT2D eigenvalue weighted by Crippen LogP contribution is 2.30. The van der Waals surface area contributed by atoms with Gasteiger partial charge in [0, 0.05) is 24.0 Å². The Labute approximate surface area is 110 Å². The van der Waals surface area contributed by atoms with Crippen LogP contribution < -0.4 is 4.74 Å². The Morgan fingerprint density at radius 3 is 2.61 bits per heavy atom. The lowest BCUT2D eigenvalue weighted by Crippen LogP contribution is -2.21. The third kappa shape index (κ3) is 3.85. The van der Waals surface area contributed by atoms with Crippen molar-refractivity contribution in [1.29, 1.82) is 0 Å². The van der Waals surface area contributed by atoms with Gasteiger partial charge in [-0.05, 0) is 42.5 Å². The fourth-order valence-electron chi connectivity index (χ4n) is 1.61. The van der Waals surface area contributed by atoms with Gasteiger partial charge in [0.05, 0.1) is 7.11 Å². The highest BCUT2D eigenvalue weighted by molar-refractivity contribution is 7.76. The minimum Gasteiger partial charge on any atom is -0.755 e. The van der Waals surface area contributed by atoms with E-state index in [2.05, 4.69) is 0 Å². The SMILES string of the molecule is COc1ccc(C=CN(CC2CC2)S(=O)[O-])cc1. The van der Waals surface area contributed by atoms with Crippen LogP contribution in [0, 0.1) is 5.92 Å². The van der Waals surface area contributed by atoms with Crippen molar-refractivity contribution in [3.8, 4) is 5.75 Å². The summed E-state index contributed by atoms with van der Waals surface area (Å²) < 4.78 is 28.5. The number of hydrogen-bond acceptors (Lipinski definition) is 3. The summed E-state index contributed by atoms with van der Waals surface area (Å²) in [4.78, 5) is 0. The Morgan fingerprint density at radius 1 is 1.44 bits per heavy atom. The van der Waals surface area contributed by atoms with Gasteiger partial charge in [0.15, 0.2) is 0 Å². The lowest BCUT2D eigenvalue weighted by molar-refractivity contribution is 0.415. The van der Waals surface area contributed by atoms with Crippen LogP contribution in [0.25, 0.3) is 6.08 Å². The van der Waals surface area contributed by atoms with Gasteiger partial charge in [0.1, 0.15) is 5.75 Å². The first-order valence-electron chi connectivity index (χ1n) is 5.87. The molecule has 1 aromatic rings. The van der Waals surface area contributed by atoms with E-state index in [-0.39, 0.29) is 0 Å². The maximum absolute atomic E-state index is 11.0. The summed E-state index contributed by atoms with van der Waals surface area (Å²) in [5.41, 5.74) is 0.946. The third-order valence-corrected chi connectivity index (χ3v) is 3.53. The molecular weight excluding hydrogens is 250 g/mol. The number of nitrogens with zero attached hydrogens (tertiary/aromatic N) is 1. The molecule has 1 aromatic carbocycles. The summed E-state index contributed by atoms with van der Waals surface area (Å²) in [6.45, 7) is 0.586. The molecule has 1 atom stereocenters. The van der Waals surface area contributed by atoms with Crippen molar-refractivity contribution in [1.82, 2.24) is 4.31 Å². The molecule has 0 N–H and O–H groups in total. The minimum atomic E-state index is -2.19. The zero-order valence-electron chi connectivity index (χ0n) is 10.2. The molecule has 0 spiro atoms. The van der Waals surface area contributed by atoms with E-state index in [0.29, 0.717) is 12.5 Å². The normalized spacial score (nSPS) is 16.8. The molecule has 1 fully saturated rings. The molecule has 1 aliphatic carbocycles. The summed E-state index contributed by atoms with van der Waals surface area (Å²) in [6.07, 6.45) is 5.66. The van der Waals surface area contributed by atoms with E-state index in [4.69, 9.17) is 4.74 Å². The maximum atomic E-state index is 11.0. The monoisotopic (exact) mass is 266 g/mol. The molecule has 0 aliphatic heterocycles. The first-order valence-corrected chi connectivity index (χ1v) is 6.90. The van der Waals surface area contributed by atoms with E-state index in [9.17, 15) is 8.76 Å². The van der Waals surface area contributed by atoms with Crippen molar-refractivity contribution in [3.05, 3.63) is 36.0 Å². The molecule has 1 aliphatic rings. The molecule has 5 heteroatoms. The second-order valence-corrected chi connectivity index (χ2v) is 5.25. The van der Waals surface area contributed by atoms with Gasteiger partial charge >= 0.3 is 0 Å². The van der Waals surface area contributed by atoms with Crippen LogP contribution in [0.4, 0.5) is 0 Å². The van der Waals surface area contributed by atoms with Crippen LogP contribution in [0.2, 0.25) is 0 Å². The van der Waals surface area contributed by atoms with Crippen molar-refractivity contribution < 1.29 is 13.5 Å². The van der Waals surface area contributed by atoms with Crippen molar-refractivity contribution in [2.75, 3.05) is 13.7 Å². The zero-order valence-corrected chi connectivity index (χ0v) is 11.1. The van der Waals surface area contributed by atoms with Crippen molar-refractivity contribution >= 4 is 17.3 Å². The molecule has 0 bridgehead atoms. The Bertz CT molecular complexity index is 440. The van der Waals surface area contributed by atoms with Gasteiger partial charge in [-0.1, -0.05) is 12.1 Å². The molecule has 0 aromatic heterocycles. The van der Waals surface area contributed by atoms with Gasteiger partial charge < -0.3 is 13.6 Å². The molecule has 2 rings (SSSR count). The number of methoxy groups -OCH3 is 1. The fourth-order valence-corrected chi connectivity index (χ4v) is 2.10. The maximum Gasteiger partial charge on any atom is 0.118 e. The molecule has 0 amide bonds. The second-order valence-electron chi connectivity index (χ2n) is 4.35. The zero-order chi connectivity index (χ0) is 13.0. The number of hydrogen-bond donors (Lipinski definition) is 0. The number of ether oxygens (including phenoxy) is 1. The summed E-state index contributed by atoms with van der Waals surface area (Å²) in [7, 11) is 1.61. The molecule has 0 radical (unpaired) electrons. The molecule has 18 heavy (non-hydrogen) atoms. The van der Waals surface area contributed by atoms with E-state index in [0.717, 1.165) is 24.2 Å². The largest absolute Gasteiger partial charge is 0.755 e. The van der Waals surface area contributed by atoms with Crippen LogP contribution in [-0.4, -0.2) is 26.7 Å². The molecular formula is C13H16NO3S-. The molecule has 1 saturated carbocycles. The van der Waals surface area contributed by atoms with Crippen molar-refractivity contribution in [2.24, 2.45) is 5.92 Å². The Kier molecular flexibility index (Phi) is 4.38. The van der Waals surface area contributed by atoms with Gasteiger partial charge in [0.2, 0.25) is 0 Å². The molecule has 0 heterocycles. The number of rotatable bonds is 6. The summed E-state index contributed by atoms with van der Waals surface area (Å²) in [5, 5.41) is 0. The molecule has 0 saturated heterocycles. The van der Waals surface area contributed by atoms with E-state index in [1.54, 1.807) is 19.4 Å². The highest BCUT2D eigenvalue weighted by Gasteiger charge is 2.23. The van der Waals surface area contributed by atoms with Crippen LogP contribution in [-0.2, 0) is 11.3 Å². The standard InChI is InChI=1S/C13H17NO3S/c1-17-13-6-4-11(5-7-13)8-9-14(18(15)16)10-12-2-3-12/h4-9,12H,2-3,10H2,1H3,(H,15,16)/p-1. The predicted molar refractivity (Wildman–Crippen MR) is 70.4 cm³/mol. The van der Waals surface area contributed by atoms with Crippen LogP contribution >= 0.6 is 0 Å². The molecule has 1 unspecified atom stereocenters. The topological polar surface area (TPSA) is 52.6 Å². The summed E-state index contributed by atoms with van der Waals surface area (Å²) in [5.74, 6) is 1.32. The second kappa shape index (κ2) is 6.02. The van der Waals surface area contributed by atoms with Crippen LogP contribution in [0.15, 0.2) is 30.5 Å². The van der Waals surface area contributed by atoms with Crippen LogP contribution in [0.1, 0.15) is 18.4 Å². The highest BCUT2D eigenvalue weighted by atomic mass is 32.2. The summed E-state index contributed by atoms with van der Waals surface area (Å²) >= 11 is -2.19. The first kappa shape index (κ1) is 13.1. The minimum absolute atomic E-state index is 0.531. The quantitative estimate of drug-likeness (QED) is 0.741. The van der Waals surface area contributed by atoms with Crippen LogP contribution in [0.3, 0.4) is 0 Å². The fraction of sp³-hybridized carbons (Fsp3) is 0.385. The predicted octanol–water partition coefficient (Wildman–Crippen LogP) is 2.17. The van der Waals surface area contributed by atoms with E-state index in [1.807, 2.05) is 24.3 Å². The summed E-state index contributed by atoms with van der Waals surface area (Å²) in [6, 6.07) is 7.47. The van der Waals surface area contributed by atoms with E-state index >= 15 is 0 Å². The lowest BCUT2D eigenvalue weighted by Gasteiger charge is -2.22. The Balaban J connectivity index is 1.99. The van der Waals surface area contributed by atoms with Gasteiger partial charge in [-0.15, -0.1) is 0 Å². The molecule has 4 nitrogen and oxygen atoms in total. The Morgan fingerprint density at radius 2 is 2.11 bits per heavy atom. The van der Waals surface area contributed by atoms with Gasteiger partial charge in [0.25, 0.3) is 0 Å². The lowest BCUT2D eigenvalue weighted by atomic mass is 10.2. The Hall–Kier alpha value is -1.33. The number of benzene rings is 1. The van der Waals surface area contributed by atoms with Crippen molar-refractivity contribution in [2.45, 2.75) is 12.8 Å². The van der Waals surface area contributed by atoms with Gasteiger partial charge in [-0.3, -0.25) is 4.21 Å².